The molecule has 0 saturated carbocycles. The fourth-order valence-electron chi connectivity index (χ4n) is 2.48. The average molecular weight is 260 g/mol. The van der Waals surface area contributed by atoms with Crippen molar-refractivity contribution in [3.63, 3.8) is 0 Å². The normalized spacial score (nSPS) is 21.3. The summed E-state index contributed by atoms with van der Waals surface area (Å²) in [6, 6.07) is 10.0. The minimum atomic E-state index is -0.168. The summed E-state index contributed by atoms with van der Waals surface area (Å²) in [6.07, 6.45) is 7.88. The van der Waals surface area contributed by atoms with Crippen molar-refractivity contribution in [2.45, 2.75) is 64.1 Å². The predicted octanol–water partition coefficient (Wildman–Crippen LogP) is 4.45. The van der Waals surface area contributed by atoms with Crippen LogP contribution in [0.3, 0.4) is 0 Å². The molecule has 0 bridgehead atoms. The quantitative estimate of drug-likeness (QED) is 0.485. The molecule has 0 spiro atoms. The van der Waals surface area contributed by atoms with Crippen LogP contribution in [0.4, 0.5) is 0 Å². The van der Waals surface area contributed by atoms with Gasteiger partial charge in [0.05, 0.1) is 0 Å². The van der Waals surface area contributed by atoms with E-state index in [-0.39, 0.29) is 18.0 Å². The first kappa shape index (κ1) is 14.3. The highest BCUT2D eigenvalue weighted by Gasteiger charge is 2.44. The average Bonchev–Trinajstić information content (AvgIpc) is 3.24. The Bertz CT molecular complexity index is 386. The van der Waals surface area contributed by atoms with E-state index in [1.54, 1.807) is 0 Å². The Kier molecular flexibility index (Phi) is 5.59. The summed E-state index contributed by atoms with van der Waals surface area (Å²) < 4.78 is 5.51. The summed E-state index contributed by atoms with van der Waals surface area (Å²) in [5, 5.41) is 0. The van der Waals surface area contributed by atoms with Crippen LogP contribution in [-0.4, -0.2) is 11.9 Å². The minimum Gasteiger partial charge on any atom is -0.356 e. The van der Waals surface area contributed by atoms with Gasteiger partial charge in [-0.25, -0.2) is 0 Å². The standard InChI is InChI=1S/C17H24O2/c1-2-3-4-5-6-10-13-15(18)17-16(19-17)14-11-8-7-9-12-14/h7-9,11-12,16-17H,2-6,10,13H2,1H3/t16-,17-/m1/s1. The summed E-state index contributed by atoms with van der Waals surface area (Å²) in [5.74, 6) is 0.282. The zero-order chi connectivity index (χ0) is 13.5. The van der Waals surface area contributed by atoms with Crippen molar-refractivity contribution in [1.29, 1.82) is 0 Å². The van der Waals surface area contributed by atoms with Gasteiger partial charge in [0.1, 0.15) is 12.2 Å². The number of hydrogen-bond acceptors (Lipinski definition) is 2. The number of carbonyl (C=O) groups is 1. The molecule has 2 rings (SSSR count). The number of Topliss-reactive ketones (excluding diaryl/α,β-unsaturated/α-hetero) is 1. The van der Waals surface area contributed by atoms with Gasteiger partial charge in [-0.15, -0.1) is 0 Å². The zero-order valence-corrected chi connectivity index (χ0v) is 11.8. The topological polar surface area (TPSA) is 29.6 Å². The lowest BCUT2D eigenvalue weighted by Gasteiger charge is -1.99. The van der Waals surface area contributed by atoms with Crippen LogP contribution >= 0.6 is 0 Å². The van der Waals surface area contributed by atoms with Crippen LogP contribution in [0, 0.1) is 0 Å². The molecule has 1 fully saturated rings. The molecule has 1 heterocycles. The van der Waals surface area contributed by atoms with E-state index in [1.165, 1.54) is 32.1 Å². The van der Waals surface area contributed by atoms with Gasteiger partial charge in [0.25, 0.3) is 0 Å². The number of epoxide rings is 1. The van der Waals surface area contributed by atoms with E-state index in [9.17, 15) is 4.79 Å². The fraction of sp³-hybridized carbons (Fsp3) is 0.588. The number of benzene rings is 1. The highest BCUT2D eigenvalue weighted by atomic mass is 16.6. The molecule has 1 aliphatic heterocycles. The number of ketones is 1. The molecule has 0 amide bonds. The molecule has 0 unspecified atom stereocenters. The summed E-state index contributed by atoms with van der Waals surface area (Å²) in [5.41, 5.74) is 1.13. The van der Waals surface area contributed by atoms with E-state index in [2.05, 4.69) is 6.92 Å². The third-order valence-corrected chi connectivity index (χ3v) is 3.71. The molecule has 19 heavy (non-hydrogen) atoms. The summed E-state index contributed by atoms with van der Waals surface area (Å²) >= 11 is 0. The van der Waals surface area contributed by atoms with Gasteiger partial charge in [0.15, 0.2) is 5.78 Å². The first-order valence-corrected chi connectivity index (χ1v) is 7.56. The number of carbonyl (C=O) groups excluding carboxylic acids is 1. The molecular formula is C17H24O2. The Morgan fingerprint density at radius 2 is 1.74 bits per heavy atom. The fourth-order valence-corrected chi connectivity index (χ4v) is 2.48. The third-order valence-electron chi connectivity index (χ3n) is 3.71. The van der Waals surface area contributed by atoms with E-state index in [0.29, 0.717) is 6.42 Å². The van der Waals surface area contributed by atoms with E-state index in [1.807, 2.05) is 30.3 Å². The SMILES string of the molecule is CCCCCCCCC(=O)[C@H]1O[C@@H]1c1ccccc1. The molecule has 1 aliphatic rings. The van der Waals surface area contributed by atoms with Crippen LogP contribution in [0.2, 0.25) is 0 Å². The number of rotatable bonds is 9. The Morgan fingerprint density at radius 1 is 1.05 bits per heavy atom. The van der Waals surface area contributed by atoms with Gasteiger partial charge >= 0.3 is 0 Å². The minimum absolute atomic E-state index is 0.0220. The van der Waals surface area contributed by atoms with Crippen molar-refractivity contribution in [3.8, 4) is 0 Å². The van der Waals surface area contributed by atoms with E-state index >= 15 is 0 Å². The lowest BCUT2D eigenvalue weighted by molar-refractivity contribution is -0.120. The Hall–Kier alpha value is -1.15. The van der Waals surface area contributed by atoms with Gasteiger partial charge in [-0.2, -0.15) is 0 Å². The van der Waals surface area contributed by atoms with Crippen LogP contribution in [0.1, 0.15) is 63.5 Å². The van der Waals surface area contributed by atoms with E-state index in [0.717, 1.165) is 12.0 Å². The highest BCUT2D eigenvalue weighted by Crippen LogP contribution is 2.39. The van der Waals surface area contributed by atoms with Gasteiger partial charge < -0.3 is 4.74 Å². The van der Waals surface area contributed by atoms with Crippen LogP contribution in [0.25, 0.3) is 0 Å². The van der Waals surface area contributed by atoms with Gasteiger partial charge in [-0.1, -0.05) is 69.4 Å². The number of unbranched alkanes of at least 4 members (excludes halogenated alkanes) is 5. The Labute approximate surface area is 116 Å². The van der Waals surface area contributed by atoms with Gasteiger partial charge in [0.2, 0.25) is 0 Å². The summed E-state index contributed by atoms with van der Waals surface area (Å²) in [4.78, 5) is 12.0. The van der Waals surface area contributed by atoms with E-state index in [4.69, 9.17) is 4.74 Å². The van der Waals surface area contributed by atoms with Crippen molar-refractivity contribution in [1.82, 2.24) is 0 Å². The monoisotopic (exact) mass is 260 g/mol. The molecule has 2 heteroatoms. The maximum absolute atomic E-state index is 12.0. The van der Waals surface area contributed by atoms with Crippen molar-refractivity contribution in [2.75, 3.05) is 0 Å². The van der Waals surface area contributed by atoms with Gasteiger partial charge in [-0.3, -0.25) is 4.79 Å². The Morgan fingerprint density at radius 3 is 2.47 bits per heavy atom. The molecule has 0 radical (unpaired) electrons. The second-order valence-electron chi connectivity index (χ2n) is 5.37. The van der Waals surface area contributed by atoms with Crippen LogP contribution < -0.4 is 0 Å². The maximum Gasteiger partial charge on any atom is 0.164 e. The second-order valence-corrected chi connectivity index (χ2v) is 5.37. The molecule has 0 aromatic heterocycles. The molecule has 2 atom stereocenters. The van der Waals surface area contributed by atoms with Crippen LogP contribution in [0.15, 0.2) is 30.3 Å². The molecule has 0 aliphatic carbocycles. The lowest BCUT2D eigenvalue weighted by Crippen LogP contribution is -2.07. The zero-order valence-electron chi connectivity index (χ0n) is 11.8. The van der Waals surface area contributed by atoms with E-state index < -0.39 is 0 Å². The van der Waals surface area contributed by atoms with Crippen LogP contribution in [-0.2, 0) is 9.53 Å². The third kappa shape index (κ3) is 4.46. The number of hydrogen-bond donors (Lipinski definition) is 0. The predicted molar refractivity (Wildman–Crippen MR) is 77.1 cm³/mol. The van der Waals surface area contributed by atoms with Gasteiger partial charge in [0, 0.05) is 6.42 Å². The molecular weight excluding hydrogens is 236 g/mol. The largest absolute Gasteiger partial charge is 0.356 e. The second kappa shape index (κ2) is 7.44. The van der Waals surface area contributed by atoms with Gasteiger partial charge in [-0.05, 0) is 12.0 Å². The maximum atomic E-state index is 12.0. The molecule has 2 nitrogen and oxygen atoms in total. The van der Waals surface area contributed by atoms with Crippen molar-refractivity contribution in [3.05, 3.63) is 35.9 Å². The molecule has 1 aromatic carbocycles. The molecule has 1 saturated heterocycles. The Balaban J connectivity index is 1.61. The van der Waals surface area contributed by atoms with Crippen molar-refractivity contribution in [2.24, 2.45) is 0 Å². The molecule has 104 valence electrons. The molecule has 0 N–H and O–H groups in total. The summed E-state index contributed by atoms with van der Waals surface area (Å²) in [6.45, 7) is 2.22. The first-order chi connectivity index (χ1) is 9.33. The van der Waals surface area contributed by atoms with Crippen molar-refractivity contribution < 1.29 is 9.53 Å². The smallest absolute Gasteiger partial charge is 0.164 e. The lowest BCUT2D eigenvalue weighted by atomic mass is 10.0. The first-order valence-electron chi connectivity index (χ1n) is 7.56. The number of ether oxygens (including phenoxy) is 1. The molecule has 1 aromatic rings. The summed E-state index contributed by atoms with van der Waals surface area (Å²) in [7, 11) is 0. The van der Waals surface area contributed by atoms with Crippen LogP contribution in [0.5, 0.6) is 0 Å². The van der Waals surface area contributed by atoms with Crippen molar-refractivity contribution >= 4 is 5.78 Å². The highest BCUT2D eigenvalue weighted by molar-refractivity contribution is 5.86.